The summed E-state index contributed by atoms with van der Waals surface area (Å²) >= 11 is 0. The third-order valence-corrected chi connectivity index (χ3v) is 5.94. The Morgan fingerprint density at radius 2 is 1.68 bits per heavy atom. The molecule has 4 rings (SSSR count). The van der Waals surface area contributed by atoms with E-state index >= 15 is 0 Å². The summed E-state index contributed by atoms with van der Waals surface area (Å²) in [5.74, 6) is 0.00446. The summed E-state index contributed by atoms with van der Waals surface area (Å²) < 4.78 is 10.7. The Kier molecular flexibility index (Phi) is 7.10. The molecule has 0 radical (unpaired) electrons. The van der Waals surface area contributed by atoms with Gasteiger partial charge >= 0.3 is 0 Å². The van der Waals surface area contributed by atoms with Crippen molar-refractivity contribution in [3.05, 3.63) is 53.6 Å². The standard InChI is InChI=1S/C25H28N4O5/c1-33-21-14-18(25(32)28-12-6-7-13-28)20(15-22(21)34-2)26-24(31)19-10-11-23(30)29(27-19)16-17-8-4-3-5-9-17/h3-5,8-9,14-15H,6-7,10-13,16H2,1-2H3,(H,26,31). The van der Waals surface area contributed by atoms with Gasteiger partial charge in [-0.3, -0.25) is 14.4 Å². The molecule has 9 nitrogen and oxygen atoms in total. The van der Waals surface area contributed by atoms with Gasteiger partial charge in [0.05, 0.1) is 32.0 Å². The molecule has 178 valence electrons. The largest absolute Gasteiger partial charge is 0.493 e. The van der Waals surface area contributed by atoms with Gasteiger partial charge in [-0.15, -0.1) is 0 Å². The zero-order chi connectivity index (χ0) is 24.1. The van der Waals surface area contributed by atoms with Crippen molar-refractivity contribution in [2.24, 2.45) is 5.10 Å². The van der Waals surface area contributed by atoms with Gasteiger partial charge in [0.25, 0.3) is 11.8 Å². The molecular weight excluding hydrogens is 436 g/mol. The van der Waals surface area contributed by atoms with Crippen molar-refractivity contribution in [3.8, 4) is 11.5 Å². The Labute approximate surface area is 198 Å². The van der Waals surface area contributed by atoms with Crippen LogP contribution >= 0.6 is 0 Å². The van der Waals surface area contributed by atoms with Gasteiger partial charge in [0.15, 0.2) is 11.5 Å². The molecule has 0 saturated carbocycles. The third-order valence-electron chi connectivity index (χ3n) is 5.94. The minimum atomic E-state index is -0.465. The number of anilines is 1. The molecule has 0 bridgehead atoms. The van der Waals surface area contributed by atoms with Crippen LogP contribution < -0.4 is 14.8 Å². The summed E-state index contributed by atoms with van der Waals surface area (Å²) in [6.45, 7) is 1.62. The van der Waals surface area contributed by atoms with Gasteiger partial charge in [-0.25, -0.2) is 5.01 Å². The topological polar surface area (TPSA) is 101 Å². The van der Waals surface area contributed by atoms with Gasteiger partial charge < -0.3 is 19.7 Å². The maximum Gasteiger partial charge on any atom is 0.271 e. The summed E-state index contributed by atoms with van der Waals surface area (Å²) in [5.41, 5.74) is 1.78. The molecule has 34 heavy (non-hydrogen) atoms. The molecular formula is C25H28N4O5. The van der Waals surface area contributed by atoms with E-state index < -0.39 is 5.91 Å². The lowest BCUT2D eigenvalue weighted by atomic mass is 10.1. The Morgan fingerprint density at radius 1 is 1.00 bits per heavy atom. The summed E-state index contributed by atoms with van der Waals surface area (Å²) in [7, 11) is 2.99. The SMILES string of the molecule is COc1cc(NC(=O)C2=NN(Cc3ccccc3)C(=O)CC2)c(C(=O)N2CCCC2)cc1OC. The number of ether oxygens (including phenoxy) is 2. The zero-order valence-electron chi connectivity index (χ0n) is 19.4. The van der Waals surface area contributed by atoms with Crippen molar-refractivity contribution in [1.82, 2.24) is 9.91 Å². The number of methoxy groups -OCH3 is 2. The number of hydrogen-bond donors (Lipinski definition) is 1. The van der Waals surface area contributed by atoms with Crippen molar-refractivity contribution in [2.75, 3.05) is 32.6 Å². The van der Waals surface area contributed by atoms with Crippen LogP contribution in [-0.2, 0) is 16.1 Å². The Bertz CT molecular complexity index is 1110. The van der Waals surface area contributed by atoms with Crippen LogP contribution in [0.15, 0.2) is 47.6 Å². The molecule has 2 aliphatic heterocycles. The van der Waals surface area contributed by atoms with Crippen molar-refractivity contribution < 1.29 is 23.9 Å². The van der Waals surface area contributed by atoms with E-state index in [1.807, 2.05) is 30.3 Å². The maximum atomic E-state index is 13.2. The average molecular weight is 465 g/mol. The number of nitrogens with zero attached hydrogens (tertiary/aromatic N) is 3. The van der Waals surface area contributed by atoms with E-state index in [0.717, 1.165) is 18.4 Å². The molecule has 2 heterocycles. The fraction of sp³-hybridized carbons (Fsp3) is 0.360. The van der Waals surface area contributed by atoms with Crippen LogP contribution in [0.5, 0.6) is 11.5 Å². The van der Waals surface area contributed by atoms with Crippen LogP contribution in [-0.4, -0.2) is 60.7 Å². The summed E-state index contributed by atoms with van der Waals surface area (Å²) in [4.78, 5) is 40.5. The smallest absolute Gasteiger partial charge is 0.271 e. The number of likely N-dealkylation sites (tertiary alicyclic amines) is 1. The lowest BCUT2D eigenvalue weighted by molar-refractivity contribution is -0.132. The molecule has 0 aliphatic carbocycles. The Morgan fingerprint density at radius 3 is 2.35 bits per heavy atom. The van der Waals surface area contributed by atoms with E-state index in [0.29, 0.717) is 35.8 Å². The molecule has 0 unspecified atom stereocenters. The highest BCUT2D eigenvalue weighted by molar-refractivity contribution is 6.43. The zero-order valence-corrected chi connectivity index (χ0v) is 19.4. The molecule has 9 heteroatoms. The molecule has 1 fully saturated rings. The minimum Gasteiger partial charge on any atom is -0.493 e. The molecule has 2 aliphatic rings. The van der Waals surface area contributed by atoms with Crippen LogP contribution in [0.1, 0.15) is 41.6 Å². The van der Waals surface area contributed by atoms with Gasteiger partial charge in [0, 0.05) is 32.0 Å². The number of benzene rings is 2. The molecule has 0 atom stereocenters. The fourth-order valence-electron chi connectivity index (χ4n) is 4.09. The van der Waals surface area contributed by atoms with E-state index in [-0.39, 0.29) is 36.9 Å². The van der Waals surface area contributed by atoms with Crippen LogP contribution in [0.4, 0.5) is 5.69 Å². The van der Waals surface area contributed by atoms with E-state index in [2.05, 4.69) is 10.4 Å². The predicted molar refractivity (Wildman–Crippen MR) is 127 cm³/mol. The Hall–Kier alpha value is -3.88. The van der Waals surface area contributed by atoms with Gasteiger partial charge in [-0.05, 0) is 24.5 Å². The normalized spacial score (nSPS) is 15.7. The number of rotatable bonds is 7. The second kappa shape index (κ2) is 10.4. The van der Waals surface area contributed by atoms with Crippen molar-refractivity contribution in [2.45, 2.75) is 32.2 Å². The fourth-order valence-corrected chi connectivity index (χ4v) is 4.09. The molecule has 0 aromatic heterocycles. The molecule has 2 aromatic carbocycles. The van der Waals surface area contributed by atoms with Crippen LogP contribution in [0.25, 0.3) is 0 Å². The monoisotopic (exact) mass is 464 g/mol. The molecule has 1 saturated heterocycles. The number of carbonyl (C=O) groups is 3. The molecule has 0 spiro atoms. The van der Waals surface area contributed by atoms with Crippen LogP contribution in [0, 0.1) is 0 Å². The summed E-state index contributed by atoms with van der Waals surface area (Å²) in [6, 6.07) is 12.6. The van der Waals surface area contributed by atoms with Crippen molar-refractivity contribution in [1.29, 1.82) is 0 Å². The van der Waals surface area contributed by atoms with Crippen molar-refractivity contribution >= 4 is 29.1 Å². The number of nitrogens with one attached hydrogen (secondary N) is 1. The van der Waals surface area contributed by atoms with E-state index in [1.54, 1.807) is 17.0 Å². The highest BCUT2D eigenvalue weighted by atomic mass is 16.5. The number of amides is 3. The average Bonchev–Trinajstić information content (AvgIpc) is 3.40. The van der Waals surface area contributed by atoms with E-state index in [1.165, 1.54) is 19.2 Å². The molecule has 2 aromatic rings. The molecule has 3 amide bonds. The van der Waals surface area contributed by atoms with Gasteiger partial charge in [-0.1, -0.05) is 30.3 Å². The third kappa shape index (κ3) is 5.03. The minimum absolute atomic E-state index is 0.142. The first-order valence-corrected chi connectivity index (χ1v) is 11.3. The first kappa shape index (κ1) is 23.3. The van der Waals surface area contributed by atoms with Gasteiger partial charge in [0.2, 0.25) is 5.91 Å². The quantitative estimate of drug-likeness (QED) is 0.679. The first-order chi connectivity index (χ1) is 16.5. The van der Waals surface area contributed by atoms with E-state index in [4.69, 9.17) is 9.47 Å². The second-order valence-electron chi connectivity index (χ2n) is 8.19. The molecule has 1 N–H and O–H groups in total. The lowest BCUT2D eigenvalue weighted by Gasteiger charge is -2.24. The first-order valence-electron chi connectivity index (χ1n) is 11.3. The van der Waals surface area contributed by atoms with Crippen molar-refractivity contribution in [3.63, 3.8) is 0 Å². The summed E-state index contributed by atoms with van der Waals surface area (Å²) in [6.07, 6.45) is 2.30. The maximum absolute atomic E-state index is 13.2. The Balaban J connectivity index is 1.60. The number of hydrogen-bond acceptors (Lipinski definition) is 6. The van der Waals surface area contributed by atoms with Crippen LogP contribution in [0.3, 0.4) is 0 Å². The van der Waals surface area contributed by atoms with Gasteiger partial charge in [-0.2, -0.15) is 5.10 Å². The van der Waals surface area contributed by atoms with Gasteiger partial charge in [0.1, 0.15) is 5.71 Å². The number of hydrazone groups is 1. The highest BCUT2D eigenvalue weighted by Gasteiger charge is 2.28. The predicted octanol–water partition coefficient (Wildman–Crippen LogP) is 3.06. The lowest BCUT2D eigenvalue weighted by Crippen LogP contribution is -2.36. The summed E-state index contributed by atoms with van der Waals surface area (Å²) in [5, 5.41) is 8.46. The highest BCUT2D eigenvalue weighted by Crippen LogP contribution is 2.34. The van der Waals surface area contributed by atoms with Crippen LogP contribution in [0.2, 0.25) is 0 Å². The second-order valence-corrected chi connectivity index (χ2v) is 8.19. The number of carbonyl (C=O) groups excluding carboxylic acids is 3. The van der Waals surface area contributed by atoms with E-state index in [9.17, 15) is 14.4 Å².